The standard InChI is InChI=1S/C12H13N3O3.C11H9ClN2O4.C9H5ClN2O4/c1-7-4-9(15(17)18)5-8-6-10(13-11(7)8)12(16)14(2)3;1-2-18-11(15)9-4-6-3-7(14(16)17)5-8(12)10(6)13-9;10-6-3-5(12(15)16)1-4-2-7(9(13)14)11-8(4)6/h4-6,13H,1-3H3;3-5,13H,2H2,1H3;1-3,11H,(H,13,14). The number of hydrogen-bond acceptors (Lipinski definition) is 10. The van der Waals surface area contributed by atoms with E-state index in [-0.39, 0.29) is 51.0 Å². The van der Waals surface area contributed by atoms with Crippen LogP contribution in [-0.4, -0.2) is 78.3 Å². The number of fused-ring (bicyclic) bond motifs is 3. The topological polar surface area (TPSA) is 261 Å². The Balaban J connectivity index is 0.000000175. The van der Waals surface area contributed by atoms with Crippen molar-refractivity contribution in [1.29, 1.82) is 0 Å². The maximum atomic E-state index is 11.8. The lowest BCUT2D eigenvalue weighted by Crippen LogP contribution is -2.21. The Labute approximate surface area is 301 Å². The van der Waals surface area contributed by atoms with Crippen molar-refractivity contribution >= 4 is 90.8 Å². The van der Waals surface area contributed by atoms with Crippen LogP contribution in [0, 0.1) is 37.3 Å². The van der Waals surface area contributed by atoms with Crippen LogP contribution >= 0.6 is 23.2 Å². The average Bonchev–Trinajstić information content (AvgIpc) is 3.82. The molecule has 0 aliphatic heterocycles. The summed E-state index contributed by atoms with van der Waals surface area (Å²) >= 11 is 11.7. The van der Waals surface area contributed by atoms with Crippen LogP contribution in [0.15, 0.2) is 54.6 Å². The Morgan fingerprint density at radius 1 is 0.692 bits per heavy atom. The van der Waals surface area contributed by atoms with Crippen LogP contribution in [0.1, 0.15) is 44.0 Å². The molecular formula is C32H27Cl2N7O11. The summed E-state index contributed by atoms with van der Waals surface area (Å²) in [5, 5.41) is 42.6. The summed E-state index contributed by atoms with van der Waals surface area (Å²) in [5.41, 5.74) is 2.68. The third kappa shape index (κ3) is 8.42. The normalized spacial score (nSPS) is 10.6. The number of carbonyl (C=O) groups excluding carboxylic acids is 2. The molecule has 3 heterocycles. The van der Waals surface area contributed by atoms with Gasteiger partial charge in [0.2, 0.25) is 0 Å². The van der Waals surface area contributed by atoms with Gasteiger partial charge in [-0.25, -0.2) is 9.59 Å². The molecule has 3 aromatic heterocycles. The fourth-order valence-electron chi connectivity index (χ4n) is 4.88. The zero-order chi connectivity index (χ0) is 38.6. The first kappa shape index (κ1) is 38.3. The number of nitrogens with one attached hydrogen (secondary N) is 3. The van der Waals surface area contributed by atoms with Gasteiger partial charge in [-0.15, -0.1) is 0 Å². The lowest BCUT2D eigenvalue weighted by Gasteiger charge is -2.07. The number of benzene rings is 3. The van der Waals surface area contributed by atoms with E-state index < -0.39 is 26.7 Å². The van der Waals surface area contributed by atoms with E-state index in [2.05, 4.69) is 15.0 Å². The Morgan fingerprint density at radius 2 is 1.10 bits per heavy atom. The molecule has 3 aromatic carbocycles. The maximum Gasteiger partial charge on any atom is 0.354 e. The zero-order valence-electron chi connectivity index (χ0n) is 27.5. The number of halogens is 2. The molecule has 0 fully saturated rings. The molecule has 6 rings (SSSR count). The van der Waals surface area contributed by atoms with E-state index in [9.17, 15) is 44.7 Å². The van der Waals surface area contributed by atoms with Crippen molar-refractivity contribution in [3.05, 3.63) is 118 Å². The van der Waals surface area contributed by atoms with Crippen LogP contribution in [0.3, 0.4) is 0 Å². The Bertz CT molecular complexity index is 2410. The van der Waals surface area contributed by atoms with Gasteiger partial charge in [-0.2, -0.15) is 0 Å². The molecule has 0 atom stereocenters. The summed E-state index contributed by atoms with van der Waals surface area (Å²) in [4.78, 5) is 74.3. The van der Waals surface area contributed by atoms with Crippen LogP contribution in [0.4, 0.5) is 17.1 Å². The summed E-state index contributed by atoms with van der Waals surface area (Å²) < 4.78 is 4.83. The number of non-ortho nitro benzene ring substituents is 3. The number of aromatic carboxylic acids is 1. The van der Waals surface area contributed by atoms with E-state index in [0.717, 1.165) is 11.1 Å². The number of nitro benzene ring substituents is 3. The number of esters is 1. The number of rotatable bonds is 7. The molecule has 6 aromatic rings. The highest BCUT2D eigenvalue weighted by molar-refractivity contribution is 6.36. The average molecular weight is 757 g/mol. The van der Waals surface area contributed by atoms with Crippen molar-refractivity contribution in [3.8, 4) is 0 Å². The number of nitrogens with zero attached hydrogens (tertiary/aromatic N) is 4. The number of aryl methyl sites for hydroxylation is 1. The largest absolute Gasteiger partial charge is 0.477 e. The Kier molecular flexibility index (Phi) is 11.5. The summed E-state index contributed by atoms with van der Waals surface area (Å²) in [6.07, 6.45) is 0. The van der Waals surface area contributed by atoms with Crippen molar-refractivity contribution < 1.29 is 39.0 Å². The summed E-state index contributed by atoms with van der Waals surface area (Å²) in [6, 6.07) is 12.4. The number of carboxylic acid groups (broad SMARTS) is 1. The highest BCUT2D eigenvalue weighted by Gasteiger charge is 2.18. The predicted octanol–water partition coefficient (Wildman–Crippen LogP) is 7.42. The van der Waals surface area contributed by atoms with E-state index in [1.807, 2.05) is 0 Å². The molecule has 0 saturated carbocycles. The van der Waals surface area contributed by atoms with Gasteiger partial charge < -0.3 is 29.7 Å². The molecule has 20 heteroatoms. The number of amides is 1. The summed E-state index contributed by atoms with van der Waals surface area (Å²) in [5.74, 6) is -1.82. The molecule has 0 bridgehead atoms. The van der Waals surface area contributed by atoms with Crippen molar-refractivity contribution in [2.45, 2.75) is 13.8 Å². The minimum atomic E-state index is -1.14. The zero-order valence-corrected chi connectivity index (χ0v) is 29.0. The number of nitro groups is 3. The van der Waals surface area contributed by atoms with Crippen molar-refractivity contribution in [2.24, 2.45) is 0 Å². The smallest absolute Gasteiger partial charge is 0.354 e. The van der Waals surface area contributed by atoms with Gasteiger partial charge in [-0.3, -0.25) is 35.1 Å². The van der Waals surface area contributed by atoms with Gasteiger partial charge >= 0.3 is 11.9 Å². The molecule has 4 N–H and O–H groups in total. The third-order valence-corrected chi connectivity index (χ3v) is 7.83. The summed E-state index contributed by atoms with van der Waals surface area (Å²) in [6.45, 7) is 3.72. The number of carbonyl (C=O) groups is 3. The monoisotopic (exact) mass is 755 g/mol. The van der Waals surface area contributed by atoms with Crippen LogP contribution in [0.5, 0.6) is 0 Å². The van der Waals surface area contributed by atoms with Crippen molar-refractivity contribution in [3.63, 3.8) is 0 Å². The van der Waals surface area contributed by atoms with E-state index in [4.69, 9.17) is 33.0 Å². The first-order valence-corrected chi connectivity index (χ1v) is 15.5. The molecule has 0 spiro atoms. The van der Waals surface area contributed by atoms with Gasteiger partial charge in [0.1, 0.15) is 17.1 Å². The fourth-order valence-corrected chi connectivity index (χ4v) is 5.42. The first-order valence-electron chi connectivity index (χ1n) is 14.7. The quantitative estimate of drug-likeness (QED) is 0.0707. The maximum absolute atomic E-state index is 11.8. The van der Waals surface area contributed by atoms with Crippen LogP contribution in [0.25, 0.3) is 32.7 Å². The highest BCUT2D eigenvalue weighted by Crippen LogP contribution is 2.31. The molecular weight excluding hydrogens is 729 g/mol. The van der Waals surface area contributed by atoms with Crippen LogP contribution in [0.2, 0.25) is 10.0 Å². The Morgan fingerprint density at radius 3 is 1.54 bits per heavy atom. The van der Waals surface area contributed by atoms with E-state index >= 15 is 0 Å². The second-order valence-corrected chi connectivity index (χ2v) is 11.9. The molecule has 0 unspecified atom stereocenters. The van der Waals surface area contributed by atoms with Gasteiger partial charge in [0.25, 0.3) is 23.0 Å². The molecule has 0 saturated heterocycles. The molecule has 0 aliphatic rings. The predicted molar refractivity (Wildman–Crippen MR) is 191 cm³/mol. The highest BCUT2D eigenvalue weighted by atomic mass is 35.5. The minimum absolute atomic E-state index is 0.0304. The lowest BCUT2D eigenvalue weighted by atomic mass is 10.1. The van der Waals surface area contributed by atoms with E-state index in [0.29, 0.717) is 32.9 Å². The third-order valence-electron chi connectivity index (χ3n) is 7.24. The van der Waals surface area contributed by atoms with Gasteiger partial charge in [0, 0.05) is 72.2 Å². The SMILES string of the molecule is CCOC(=O)c1cc2cc([N+](=O)[O-])cc(Cl)c2[nH]1.Cc1cc([N+](=O)[O-])cc2cc(C(=O)N(C)C)[nH]c12.O=C(O)c1cc2cc([N+](=O)[O-])cc(Cl)c2[nH]1. The molecule has 0 aliphatic carbocycles. The summed E-state index contributed by atoms with van der Waals surface area (Å²) in [7, 11) is 3.31. The minimum Gasteiger partial charge on any atom is -0.477 e. The second kappa shape index (κ2) is 15.6. The van der Waals surface area contributed by atoms with Gasteiger partial charge in [0.05, 0.1) is 42.5 Å². The molecule has 1 amide bonds. The van der Waals surface area contributed by atoms with Gasteiger partial charge in [-0.1, -0.05) is 23.2 Å². The van der Waals surface area contributed by atoms with E-state index in [1.165, 1.54) is 53.4 Å². The number of aromatic amines is 3. The first-order chi connectivity index (χ1) is 24.4. The molecule has 52 heavy (non-hydrogen) atoms. The van der Waals surface area contributed by atoms with Gasteiger partial charge in [-0.05, 0) is 37.6 Å². The molecule has 18 nitrogen and oxygen atoms in total. The molecule has 0 radical (unpaired) electrons. The molecule has 270 valence electrons. The number of H-pyrrole nitrogens is 3. The van der Waals surface area contributed by atoms with Crippen molar-refractivity contribution in [1.82, 2.24) is 19.9 Å². The number of carboxylic acids is 1. The number of hydrogen-bond donors (Lipinski definition) is 4. The lowest BCUT2D eigenvalue weighted by molar-refractivity contribution is -0.384. The van der Waals surface area contributed by atoms with Gasteiger partial charge in [0.15, 0.2) is 0 Å². The number of ether oxygens (including phenoxy) is 1. The number of aromatic nitrogens is 3. The van der Waals surface area contributed by atoms with Crippen LogP contribution in [-0.2, 0) is 4.74 Å². The second-order valence-electron chi connectivity index (χ2n) is 11.1. The Hall–Kier alpha value is -6.53. The van der Waals surface area contributed by atoms with Crippen LogP contribution < -0.4 is 0 Å². The van der Waals surface area contributed by atoms with Crippen molar-refractivity contribution in [2.75, 3.05) is 20.7 Å². The van der Waals surface area contributed by atoms with E-state index in [1.54, 1.807) is 34.0 Å². The fraction of sp³-hybridized carbons (Fsp3) is 0.156.